The Labute approximate surface area is 90.2 Å². The molecule has 0 saturated carbocycles. The molecule has 82 valence electrons. The maximum atomic E-state index is 10.6. The van der Waals surface area contributed by atoms with E-state index in [1.54, 1.807) is 6.07 Å². The summed E-state index contributed by atoms with van der Waals surface area (Å²) in [6.45, 7) is 4.24. The quantitative estimate of drug-likeness (QED) is 0.825. The van der Waals surface area contributed by atoms with Gasteiger partial charge in [0.05, 0.1) is 0 Å². The number of hydrogen-bond donors (Lipinski definition) is 1. The van der Waals surface area contributed by atoms with Crippen molar-refractivity contribution in [3.05, 3.63) is 29.3 Å². The van der Waals surface area contributed by atoms with Crippen LogP contribution in [0.2, 0.25) is 0 Å². The molecule has 1 aromatic carbocycles. The van der Waals surface area contributed by atoms with Crippen molar-refractivity contribution in [2.45, 2.75) is 33.1 Å². The molecule has 1 amide bonds. The lowest BCUT2D eigenvalue weighted by Crippen LogP contribution is -2.16. The van der Waals surface area contributed by atoms with Crippen molar-refractivity contribution in [1.29, 1.82) is 0 Å². The number of nitrogens with two attached hydrogens (primary N) is 1. The number of hydrogen-bond acceptors (Lipinski definition) is 2. The van der Waals surface area contributed by atoms with Gasteiger partial charge in [0.25, 0.3) is 0 Å². The average Bonchev–Trinajstić information content (AvgIpc) is 2.18. The highest BCUT2D eigenvalue weighted by Crippen LogP contribution is 2.19. The first kappa shape index (κ1) is 11.6. The predicted molar refractivity (Wildman–Crippen MR) is 60.0 cm³/mol. The summed E-state index contributed by atoms with van der Waals surface area (Å²) in [6, 6.07) is 5.67. The summed E-state index contributed by atoms with van der Waals surface area (Å²) in [5.74, 6) is 0.531. The summed E-state index contributed by atoms with van der Waals surface area (Å²) in [5, 5.41) is 0. The van der Waals surface area contributed by atoms with Gasteiger partial charge in [-0.25, -0.2) is 4.79 Å². The molecular formula is C12H17NO2. The highest BCUT2D eigenvalue weighted by molar-refractivity contribution is 5.68. The summed E-state index contributed by atoms with van der Waals surface area (Å²) < 4.78 is 4.84. The molecular weight excluding hydrogens is 190 g/mol. The molecule has 0 aromatic heterocycles. The number of carbonyl (C=O) groups excluding carboxylic acids is 1. The molecule has 0 spiro atoms. The largest absolute Gasteiger partial charge is 0.410 e. The van der Waals surface area contributed by atoms with Crippen LogP contribution in [0.4, 0.5) is 4.79 Å². The number of carbonyl (C=O) groups is 1. The Balaban J connectivity index is 2.93. The van der Waals surface area contributed by atoms with Crippen LogP contribution in [0.1, 0.15) is 31.4 Å². The Morgan fingerprint density at radius 3 is 2.60 bits per heavy atom. The molecule has 2 N–H and O–H groups in total. The number of benzene rings is 1. The molecule has 15 heavy (non-hydrogen) atoms. The topological polar surface area (TPSA) is 52.3 Å². The lowest BCUT2D eigenvalue weighted by Gasteiger charge is -2.09. The van der Waals surface area contributed by atoms with Gasteiger partial charge in [0, 0.05) is 0 Å². The van der Waals surface area contributed by atoms with Crippen LogP contribution in [0.5, 0.6) is 5.75 Å². The molecule has 1 rings (SSSR count). The molecule has 0 atom stereocenters. The van der Waals surface area contributed by atoms with Gasteiger partial charge in [-0.15, -0.1) is 0 Å². The first-order valence-electron chi connectivity index (χ1n) is 5.26. The maximum absolute atomic E-state index is 10.6. The second kappa shape index (κ2) is 5.39. The third-order valence-corrected chi connectivity index (χ3v) is 2.30. The Bertz CT molecular complexity index is 347. The second-order valence-electron chi connectivity index (χ2n) is 3.46. The molecule has 1 aromatic rings. The highest BCUT2D eigenvalue weighted by Gasteiger charge is 2.04. The molecule has 0 aliphatic heterocycles. The van der Waals surface area contributed by atoms with E-state index in [1.165, 1.54) is 11.1 Å². The van der Waals surface area contributed by atoms with Crippen LogP contribution in [-0.2, 0) is 12.8 Å². The first-order valence-corrected chi connectivity index (χ1v) is 5.26. The zero-order valence-electron chi connectivity index (χ0n) is 9.25. The second-order valence-corrected chi connectivity index (χ2v) is 3.46. The van der Waals surface area contributed by atoms with Crippen LogP contribution in [0.3, 0.4) is 0 Å². The zero-order valence-corrected chi connectivity index (χ0v) is 9.25. The minimum Gasteiger partial charge on any atom is -0.410 e. The van der Waals surface area contributed by atoms with Gasteiger partial charge in [-0.3, -0.25) is 0 Å². The highest BCUT2D eigenvalue weighted by atomic mass is 16.5. The molecule has 0 aliphatic carbocycles. The van der Waals surface area contributed by atoms with Crippen LogP contribution in [0, 0.1) is 0 Å². The molecule has 0 fully saturated rings. The average molecular weight is 207 g/mol. The van der Waals surface area contributed by atoms with Crippen molar-refractivity contribution in [2.75, 3.05) is 0 Å². The van der Waals surface area contributed by atoms with Crippen LogP contribution in [0.15, 0.2) is 18.2 Å². The van der Waals surface area contributed by atoms with E-state index >= 15 is 0 Å². The Kier molecular flexibility index (Phi) is 4.16. The fourth-order valence-corrected chi connectivity index (χ4v) is 1.63. The summed E-state index contributed by atoms with van der Waals surface area (Å²) in [6.07, 6.45) is 2.31. The number of amides is 1. The minimum absolute atomic E-state index is 0.531. The third-order valence-electron chi connectivity index (χ3n) is 2.30. The summed E-state index contributed by atoms with van der Waals surface area (Å²) in [7, 11) is 0. The van der Waals surface area contributed by atoms with E-state index in [0.717, 1.165) is 19.3 Å². The molecule has 0 saturated heterocycles. The van der Waals surface area contributed by atoms with Gasteiger partial charge < -0.3 is 10.5 Å². The van der Waals surface area contributed by atoms with E-state index in [-0.39, 0.29) is 0 Å². The third kappa shape index (κ3) is 3.27. The molecule has 0 radical (unpaired) electrons. The van der Waals surface area contributed by atoms with Gasteiger partial charge in [-0.05, 0) is 36.1 Å². The number of primary amides is 1. The maximum Gasteiger partial charge on any atom is 0.409 e. The van der Waals surface area contributed by atoms with E-state index in [2.05, 4.69) is 13.8 Å². The van der Waals surface area contributed by atoms with Gasteiger partial charge in [0.15, 0.2) is 0 Å². The standard InChI is InChI=1S/C12H17NO2/c1-3-5-10-8-11(15-12(13)14)7-6-9(10)4-2/h6-8H,3-5H2,1-2H3,(H2,13,14). The van der Waals surface area contributed by atoms with Crippen LogP contribution in [-0.4, -0.2) is 6.09 Å². The van der Waals surface area contributed by atoms with Crippen molar-refractivity contribution in [1.82, 2.24) is 0 Å². The smallest absolute Gasteiger partial charge is 0.409 e. The summed E-state index contributed by atoms with van der Waals surface area (Å²) in [5.41, 5.74) is 7.49. The van der Waals surface area contributed by atoms with E-state index in [1.807, 2.05) is 12.1 Å². The fourth-order valence-electron chi connectivity index (χ4n) is 1.63. The van der Waals surface area contributed by atoms with Crippen molar-refractivity contribution >= 4 is 6.09 Å². The van der Waals surface area contributed by atoms with E-state index in [9.17, 15) is 4.79 Å². The molecule has 3 nitrogen and oxygen atoms in total. The van der Waals surface area contributed by atoms with Crippen LogP contribution in [0.25, 0.3) is 0 Å². The summed E-state index contributed by atoms with van der Waals surface area (Å²) >= 11 is 0. The van der Waals surface area contributed by atoms with Gasteiger partial charge >= 0.3 is 6.09 Å². The minimum atomic E-state index is -0.762. The number of aryl methyl sites for hydroxylation is 2. The first-order chi connectivity index (χ1) is 7.17. The normalized spacial score (nSPS) is 10.0. The van der Waals surface area contributed by atoms with Gasteiger partial charge in [-0.2, -0.15) is 0 Å². The van der Waals surface area contributed by atoms with Crippen molar-refractivity contribution in [3.8, 4) is 5.75 Å². The van der Waals surface area contributed by atoms with Crippen molar-refractivity contribution in [2.24, 2.45) is 5.73 Å². The van der Waals surface area contributed by atoms with Crippen LogP contribution >= 0.6 is 0 Å². The van der Waals surface area contributed by atoms with Gasteiger partial charge in [0.2, 0.25) is 0 Å². The van der Waals surface area contributed by atoms with E-state index in [0.29, 0.717) is 5.75 Å². The fraction of sp³-hybridized carbons (Fsp3) is 0.417. The number of rotatable bonds is 4. The SMILES string of the molecule is CCCc1cc(OC(N)=O)ccc1CC. The predicted octanol–water partition coefficient (Wildman–Crippen LogP) is 2.66. The monoisotopic (exact) mass is 207 g/mol. The Morgan fingerprint density at radius 2 is 2.07 bits per heavy atom. The lowest BCUT2D eigenvalue weighted by atomic mass is 10.0. The zero-order chi connectivity index (χ0) is 11.3. The molecule has 3 heteroatoms. The van der Waals surface area contributed by atoms with E-state index < -0.39 is 6.09 Å². The van der Waals surface area contributed by atoms with Crippen LogP contribution < -0.4 is 10.5 Å². The van der Waals surface area contributed by atoms with Crippen molar-refractivity contribution in [3.63, 3.8) is 0 Å². The molecule has 0 unspecified atom stereocenters. The van der Waals surface area contributed by atoms with Crippen molar-refractivity contribution < 1.29 is 9.53 Å². The Hall–Kier alpha value is -1.51. The Morgan fingerprint density at radius 1 is 1.33 bits per heavy atom. The summed E-state index contributed by atoms with van der Waals surface area (Å²) in [4.78, 5) is 10.6. The molecule has 0 bridgehead atoms. The molecule has 0 aliphatic rings. The number of ether oxygens (including phenoxy) is 1. The molecule has 0 heterocycles. The lowest BCUT2D eigenvalue weighted by molar-refractivity contribution is 0.211. The van der Waals surface area contributed by atoms with Gasteiger partial charge in [0.1, 0.15) is 5.75 Å². The van der Waals surface area contributed by atoms with Gasteiger partial charge in [-0.1, -0.05) is 26.3 Å². The van der Waals surface area contributed by atoms with E-state index in [4.69, 9.17) is 10.5 Å².